The molecule has 2 N–H and O–H groups in total. The number of ether oxygens (including phenoxy) is 1. The number of alkyl halides is 3. The van der Waals surface area contributed by atoms with Crippen molar-refractivity contribution in [2.24, 2.45) is 5.73 Å². The van der Waals surface area contributed by atoms with Gasteiger partial charge in [-0.1, -0.05) is 30.7 Å². The number of benzene rings is 1. The Labute approximate surface area is 122 Å². The zero-order chi connectivity index (χ0) is 15.2. The third-order valence-corrected chi connectivity index (χ3v) is 3.17. The SMILES string of the molecule is CCC(N)C(OCCCC(F)(F)F)c1cccc(Cl)c1. The lowest BCUT2D eigenvalue weighted by Gasteiger charge is -2.24. The third-order valence-electron chi connectivity index (χ3n) is 2.94. The lowest BCUT2D eigenvalue weighted by atomic mass is 10.0. The van der Waals surface area contributed by atoms with Gasteiger partial charge in [-0.15, -0.1) is 0 Å². The zero-order valence-electron chi connectivity index (χ0n) is 11.3. The summed E-state index contributed by atoms with van der Waals surface area (Å²) in [6.07, 6.45) is -4.85. The van der Waals surface area contributed by atoms with Gasteiger partial charge in [0.05, 0.1) is 6.10 Å². The molecule has 0 radical (unpaired) electrons. The van der Waals surface area contributed by atoms with Crippen molar-refractivity contribution in [1.29, 1.82) is 0 Å². The summed E-state index contributed by atoms with van der Waals surface area (Å²) in [5.74, 6) is 0. The highest BCUT2D eigenvalue weighted by atomic mass is 35.5. The summed E-state index contributed by atoms with van der Waals surface area (Å²) in [5.41, 5.74) is 6.77. The molecule has 0 fully saturated rings. The molecule has 0 spiro atoms. The molecule has 0 heterocycles. The minimum Gasteiger partial charge on any atom is -0.372 e. The molecule has 2 nitrogen and oxygen atoms in total. The van der Waals surface area contributed by atoms with E-state index in [2.05, 4.69) is 0 Å². The van der Waals surface area contributed by atoms with Crippen LogP contribution in [0.2, 0.25) is 5.02 Å². The van der Waals surface area contributed by atoms with Crippen LogP contribution in [0.3, 0.4) is 0 Å². The van der Waals surface area contributed by atoms with Gasteiger partial charge in [0.15, 0.2) is 0 Å². The highest BCUT2D eigenvalue weighted by molar-refractivity contribution is 6.30. The summed E-state index contributed by atoms with van der Waals surface area (Å²) in [6, 6.07) is 6.76. The largest absolute Gasteiger partial charge is 0.389 e. The predicted molar refractivity (Wildman–Crippen MR) is 73.7 cm³/mol. The van der Waals surface area contributed by atoms with E-state index in [1.54, 1.807) is 18.2 Å². The number of nitrogens with two attached hydrogens (primary N) is 1. The molecule has 114 valence electrons. The van der Waals surface area contributed by atoms with E-state index < -0.39 is 18.7 Å². The van der Waals surface area contributed by atoms with E-state index in [1.807, 2.05) is 13.0 Å². The molecular weight excluding hydrogens is 291 g/mol. The quantitative estimate of drug-likeness (QED) is 0.754. The molecule has 2 unspecified atom stereocenters. The molecule has 1 rings (SSSR count). The summed E-state index contributed by atoms with van der Waals surface area (Å²) in [5, 5.41) is 0.551. The van der Waals surface area contributed by atoms with Crippen LogP contribution in [-0.2, 0) is 4.74 Å². The average Bonchev–Trinajstić information content (AvgIpc) is 2.36. The highest BCUT2D eigenvalue weighted by Gasteiger charge is 2.27. The minimum atomic E-state index is -4.15. The van der Waals surface area contributed by atoms with Gasteiger partial charge in [0.1, 0.15) is 0 Å². The van der Waals surface area contributed by atoms with Gasteiger partial charge in [-0.05, 0) is 30.5 Å². The lowest BCUT2D eigenvalue weighted by molar-refractivity contribution is -0.139. The number of rotatable bonds is 7. The summed E-state index contributed by atoms with van der Waals surface area (Å²) < 4.78 is 41.8. The Kier molecular flexibility index (Phi) is 6.79. The molecule has 2 atom stereocenters. The van der Waals surface area contributed by atoms with Crippen molar-refractivity contribution in [2.75, 3.05) is 6.61 Å². The lowest BCUT2D eigenvalue weighted by Crippen LogP contribution is -2.30. The van der Waals surface area contributed by atoms with Crippen LogP contribution in [-0.4, -0.2) is 18.8 Å². The fourth-order valence-electron chi connectivity index (χ4n) is 1.85. The molecular formula is C14H19ClF3NO. The van der Waals surface area contributed by atoms with Crippen LogP contribution in [0.1, 0.15) is 37.9 Å². The number of hydrogen-bond donors (Lipinski definition) is 1. The van der Waals surface area contributed by atoms with Crippen LogP contribution in [0.25, 0.3) is 0 Å². The van der Waals surface area contributed by atoms with Crippen LogP contribution < -0.4 is 5.73 Å². The van der Waals surface area contributed by atoms with Gasteiger partial charge in [-0.25, -0.2) is 0 Å². The summed E-state index contributed by atoms with van der Waals surface area (Å²) >= 11 is 5.91. The second-order valence-corrected chi connectivity index (χ2v) is 5.07. The van der Waals surface area contributed by atoms with E-state index in [-0.39, 0.29) is 19.1 Å². The highest BCUT2D eigenvalue weighted by Crippen LogP contribution is 2.26. The van der Waals surface area contributed by atoms with E-state index in [1.165, 1.54) is 0 Å². The predicted octanol–water partition coefficient (Wildman–Crippen LogP) is 4.48. The van der Waals surface area contributed by atoms with Crippen molar-refractivity contribution in [3.05, 3.63) is 34.9 Å². The third kappa shape index (κ3) is 6.11. The first-order chi connectivity index (χ1) is 9.33. The van der Waals surface area contributed by atoms with Crippen LogP contribution in [0, 0.1) is 0 Å². The van der Waals surface area contributed by atoms with Crippen molar-refractivity contribution in [2.45, 2.75) is 44.5 Å². The van der Waals surface area contributed by atoms with E-state index in [9.17, 15) is 13.2 Å². The van der Waals surface area contributed by atoms with Crippen molar-refractivity contribution in [1.82, 2.24) is 0 Å². The molecule has 1 aromatic carbocycles. The topological polar surface area (TPSA) is 35.2 Å². The monoisotopic (exact) mass is 309 g/mol. The van der Waals surface area contributed by atoms with E-state index in [0.29, 0.717) is 11.4 Å². The first-order valence-corrected chi connectivity index (χ1v) is 6.90. The minimum absolute atomic E-state index is 0.0182. The molecule has 20 heavy (non-hydrogen) atoms. The zero-order valence-corrected chi connectivity index (χ0v) is 12.0. The summed E-state index contributed by atoms with van der Waals surface area (Å²) in [7, 11) is 0. The second-order valence-electron chi connectivity index (χ2n) is 4.64. The van der Waals surface area contributed by atoms with Crippen molar-refractivity contribution in [3.63, 3.8) is 0 Å². The Hall–Kier alpha value is -0.780. The Morgan fingerprint density at radius 1 is 1.35 bits per heavy atom. The molecule has 0 saturated carbocycles. The summed E-state index contributed by atoms with van der Waals surface area (Å²) in [4.78, 5) is 0. The van der Waals surface area contributed by atoms with Gasteiger partial charge in [-0.2, -0.15) is 13.2 Å². The Bertz CT molecular complexity index is 412. The maximum absolute atomic E-state index is 12.1. The molecule has 0 aromatic heterocycles. The van der Waals surface area contributed by atoms with Crippen LogP contribution >= 0.6 is 11.6 Å². The van der Waals surface area contributed by atoms with Crippen molar-refractivity contribution >= 4 is 11.6 Å². The fourth-order valence-corrected chi connectivity index (χ4v) is 2.05. The second kappa shape index (κ2) is 7.86. The van der Waals surface area contributed by atoms with E-state index >= 15 is 0 Å². The van der Waals surface area contributed by atoms with Crippen LogP contribution in [0.5, 0.6) is 0 Å². The maximum atomic E-state index is 12.1. The Morgan fingerprint density at radius 2 is 2.05 bits per heavy atom. The number of hydrogen-bond acceptors (Lipinski definition) is 2. The fraction of sp³-hybridized carbons (Fsp3) is 0.571. The van der Waals surface area contributed by atoms with E-state index in [4.69, 9.17) is 22.1 Å². The normalized spacial score (nSPS) is 15.1. The van der Waals surface area contributed by atoms with Gasteiger partial charge >= 0.3 is 6.18 Å². The van der Waals surface area contributed by atoms with Gasteiger partial charge in [-0.3, -0.25) is 0 Å². The summed E-state index contributed by atoms with van der Waals surface area (Å²) in [6.45, 7) is 1.92. The molecule has 0 amide bonds. The maximum Gasteiger partial charge on any atom is 0.389 e. The Morgan fingerprint density at radius 3 is 2.60 bits per heavy atom. The molecule has 0 aliphatic heterocycles. The molecule has 1 aromatic rings. The van der Waals surface area contributed by atoms with Crippen molar-refractivity contribution < 1.29 is 17.9 Å². The first kappa shape index (κ1) is 17.3. The molecule has 0 bridgehead atoms. The average molecular weight is 310 g/mol. The smallest absolute Gasteiger partial charge is 0.372 e. The van der Waals surface area contributed by atoms with Gasteiger partial charge in [0.25, 0.3) is 0 Å². The molecule has 0 aliphatic carbocycles. The van der Waals surface area contributed by atoms with E-state index in [0.717, 1.165) is 5.56 Å². The van der Waals surface area contributed by atoms with Crippen LogP contribution in [0.4, 0.5) is 13.2 Å². The Balaban J connectivity index is 2.62. The molecule has 6 heteroatoms. The molecule has 0 saturated heterocycles. The van der Waals surface area contributed by atoms with Gasteiger partial charge < -0.3 is 10.5 Å². The standard InChI is InChI=1S/C14H19ClF3NO/c1-2-12(19)13(10-5-3-6-11(15)9-10)20-8-4-7-14(16,17)18/h3,5-6,9,12-13H,2,4,7-8,19H2,1H3. The van der Waals surface area contributed by atoms with Crippen molar-refractivity contribution in [3.8, 4) is 0 Å². The molecule has 0 aliphatic rings. The first-order valence-electron chi connectivity index (χ1n) is 6.53. The van der Waals surface area contributed by atoms with Crippen LogP contribution in [0.15, 0.2) is 24.3 Å². The van der Waals surface area contributed by atoms with Gasteiger partial charge in [0.2, 0.25) is 0 Å². The van der Waals surface area contributed by atoms with Gasteiger partial charge in [0, 0.05) is 24.1 Å². The number of halogens is 4.